The zero-order valence-corrected chi connectivity index (χ0v) is 10.8. The first-order chi connectivity index (χ1) is 7.68. The predicted molar refractivity (Wildman–Crippen MR) is 68.7 cm³/mol. The molecule has 0 bridgehead atoms. The van der Waals surface area contributed by atoms with Crippen LogP contribution in [0.5, 0.6) is 0 Å². The maximum Gasteiger partial charge on any atom is 0.324 e. The lowest BCUT2D eigenvalue weighted by atomic mass is 9.89. The molecule has 0 aliphatic carbocycles. The minimum absolute atomic E-state index is 0. The summed E-state index contributed by atoms with van der Waals surface area (Å²) >= 11 is 1.14. The molecule has 2 rings (SSSR count). The van der Waals surface area contributed by atoms with E-state index >= 15 is 0 Å². The zero-order chi connectivity index (χ0) is 11.5. The lowest BCUT2D eigenvalue weighted by molar-refractivity contribution is -0.380. The Morgan fingerprint density at radius 3 is 2.71 bits per heavy atom. The highest BCUT2D eigenvalue weighted by atomic mass is 35.5. The number of nitro groups is 1. The van der Waals surface area contributed by atoms with Gasteiger partial charge in [-0.05, 0) is 24.3 Å². The fourth-order valence-corrected chi connectivity index (χ4v) is 2.73. The lowest BCUT2D eigenvalue weighted by Gasteiger charge is -2.26. The van der Waals surface area contributed by atoms with Crippen LogP contribution in [0.3, 0.4) is 0 Å². The lowest BCUT2D eigenvalue weighted by Crippen LogP contribution is -2.27. The van der Waals surface area contributed by atoms with Crippen LogP contribution in [-0.4, -0.2) is 18.1 Å². The van der Waals surface area contributed by atoms with E-state index in [0.717, 1.165) is 43.0 Å². The van der Waals surface area contributed by atoms with E-state index in [2.05, 4.69) is 0 Å². The second-order valence-corrected chi connectivity index (χ2v) is 4.84. The van der Waals surface area contributed by atoms with E-state index in [9.17, 15) is 10.1 Å². The zero-order valence-electron chi connectivity index (χ0n) is 9.20. The summed E-state index contributed by atoms with van der Waals surface area (Å²) < 4.78 is 5.27. The van der Waals surface area contributed by atoms with Gasteiger partial charge >= 0.3 is 5.00 Å². The molecule has 96 valence electrons. The van der Waals surface area contributed by atoms with Crippen LogP contribution in [0.25, 0.3) is 0 Å². The van der Waals surface area contributed by atoms with Crippen molar-refractivity contribution in [2.75, 3.05) is 13.2 Å². The van der Waals surface area contributed by atoms with E-state index in [1.165, 1.54) is 0 Å². The van der Waals surface area contributed by atoms with Crippen molar-refractivity contribution >= 4 is 28.7 Å². The number of thiophene rings is 1. The maximum absolute atomic E-state index is 10.6. The van der Waals surface area contributed by atoms with E-state index in [4.69, 9.17) is 10.5 Å². The van der Waals surface area contributed by atoms with Gasteiger partial charge in [-0.2, -0.15) is 0 Å². The first-order valence-corrected chi connectivity index (χ1v) is 6.12. The van der Waals surface area contributed by atoms with Gasteiger partial charge in [-0.1, -0.05) is 11.3 Å². The Kier molecular flexibility index (Phi) is 5.32. The molecule has 1 aliphatic rings. The molecule has 0 spiro atoms. The molecule has 7 heteroatoms. The molecule has 2 N–H and O–H groups in total. The fraction of sp³-hybridized carbons (Fsp3) is 0.600. The molecule has 5 nitrogen and oxygen atoms in total. The van der Waals surface area contributed by atoms with E-state index in [-0.39, 0.29) is 28.4 Å². The smallest absolute Gasteiger partial charge is 0.324 e. The third-order valence-electron chi connectivity index (χ3n) is 2.94. The minimum atomic E-state index is -0.370. The highest BCUT2D eigenvalue weighted by Crippen LogP contribution is 2.33. The molecular weight excluding hydrogens is 264 g/mol. The van der Waals surface area contributed by atoms with Crippen LogP contribution in [0.15, 0.2) is 11.4 Å². The first kappa shape index (κ1) is 14.4. The Bertz CT molecular complexity index is 379. The van der Waals surface area contributed by atoms with Crippen molar-refractivity contribution in [2.24, 2.45) is 11.7 Å². The van der Waals surface area contributed by atoms with Gasteiger partial charge in [0.05, 0.1) is 4.92 Å². The van der Waals surface area contributed by atoms with Crippen LogP contribution in [0, 0.1) is 16.0 Å². The summed E-state index contributed by atoms with van der Waals surface area (Å²) in [5.41, 5.74) is 6.99. The summed E-state index contributed by atoms with van der Waals surface area (Å²) in [4.78, 5) is 10.2. The Morgan fingerprint density at radius 2 is 2.18 bits per heavy atom. The van der Waals surface area contributed by atoms with E-state index < -0.39 is 0 Å². The average molecular weight is 279 g/mol. The van der Waals surface area contributed by atoms with Crippen LogP contribution in [0.1, 0.15) is 24.4 Å². The molecule has 1 saturated heterocycles. The summed E-state index contributed by atoms with van der Waals surface area (Å²) in [5, 5.41) is 12.5. The maximum atomic E-state index is 10.6. The Labute approximate surface area is 110 Å². The number of nitrogens with two attached hydrogens (primary N) is 1. The standard InChI is InChI=1S/C10H14N2O3S.ClH/c11-10(7-1-3-15-4-2-7)8-5-9(12(13)14)16-6-8;/h5-7,10H,1-4,11H2;1H/t10-;/m1./s1. The average Bonchev–Trinajstić information content (AvgIpc) is 2.78. The van der Waals surface area contributed by atoms with Crippen LogP contribution in [0.2, 0.25) is 0 Å². The predicted octanol–water partition coefficient (Wildman–Crippen LogP) is 2.50. The van der Waals surface area contributed by atoms with Gasteiger partial charge in [0.25, 0.3) is 0 Å². The molecule has 17 heavy (non-hydrogen) atoms. The normalized spacial score (nSPS) is 18.4. The van der Waals surface area contributed by atoms with Crippen molar-refractivity contribution in [3.8, 4) is 0 Å². The second kappa shape index (κ2) is 6.30. The molecule has 1 aliphatic heterocycles. The fourth-order valence-electron chi connectivity index (χ4n) is 1.96. The van der Waals surface area contributed by atoms with Gasteiger partial charge in [0.2, 0.25) is 0 Å². The van der Waals surface area contributed by atoms with Gasteiger partial charge in [0.1, 0.15) is 0 Å². The second-order valence-electron chi connectivity index (χ2n) is 3.95. The molecule has 1 atom stereocenters. The first-order valence-electron chi connectivity index (χ1n) is 5.24. The van der Waals surface area contributed by atoms with Gasteiger partial charge in [-0.15, -0.1) is 12.4 Å². The third-order valence-corrected chi connectivity index (χ3v) is 3.84. The minimum Gasteiger partial charge on any atom is -0.381 e. The third kappa shape index (κ3) is 3.38. The van der Waals surface area contributed by atoms with Crippen molar-refractivity contribution in [2.45, 2.75) is 18.9 Å². The van der Waals surface area contributed by atoms with Crippen molar-refractivity contribution in [1.29, 1.82) is 0 Å². The molecule has 0 saturated carbocycles. The number of nitrogens with zero attached hydrogens (tertiary/aromatic N) is 1. The summed E-state index contributed by atoms with van der Waals surface area (Å²) in [6, 6.07) is 1.49. The van der Waals surface area contributed by atoms with Gasteiger partial charge < -0.3 is 10.5 Å². The van der Waals surface area contributed by atoms with E-state index in [1.807, 2.05) is 0 Å². The largest absolute Gasteiger partial charge is 0.381 e. The Balaban J connectivity index is 0.00000144. The molecule has 0 radical (unpaired) electrons. The summed E-state index contributed by atoms with van der Waals surface area (Å²) in [6.45, 7) is 1.48. The molecule has 0 unspecified atom stereocenters. The molecule has 0 amide bonds. The van der Waals surface area contributed by atoms with Crippen LogP contribution in [0.4, 0.5) is 5.00 Å². The summed E-state index contributed by atoms with van der Waals surface area (Å²) in [7, 11) is 0. The van der Waals surface area contributed by atoms with Gasteiger partial charge in [0, 0.05) is 30.7 Å². The Morgan fingerprint density at radius 1 is 1.53 bits per heavy atom. The number of rotatable bonds is 3. The number of halogens is 1. The van der Waals surface area contributed by atoms with Crippen molar-refractivity contribution in [1.82, 2.24) is 0 Å². The molecule has 1 aromatic heterocycles. The SMILES string of the molecule is Cl.N[C@@H](c1csc([N+](=O)[O-])c1)C1CCOCC1. The monoisotopic (exact) mass is 278 g/mol. The molecular formula is C10H15ClN2O3S. The van der Waals surface area contributed by atoms with Crippen LogP contribution >= 0.6 is 23.7 Å². The van der Waals surface area contributed by atoms with Gasteiger partial charge in [-0.3, -0.25) is 10.1 Å². The topological polar surface area (TPSA) is 78.4 Å². The molecule has 1 aromatic rings. The summed E-state index contributed by atoms with van der Waals surface area (Å²) in [5.74, 6) is 0.378. The summed E-state index contributed by atoms with van der Waals surface area (Å²) in [6.07, 6.45) is 1.87. The molecule has 1 fully saturated rings. The highest BCUT2D eigenvalue weighted by Gasteiger charge is 2.24. The van der Waals surface area contributed by atoms with Crippen LogP contribution in [-0.2, 0) is 4.74 Å². The highest BCUT2D eigenvalue weighted by molar-refractivity contribution is 7.13. The van der Waals surface area contributed by atoms with Gasteiger partial charge in [0.15, 0.2) is 0 Å². The van der Waals surface area contributed by atoms with Crippen molar-refractivity contribution in [3.63, 3.8) is 0 Å². The molecule has 2 heterocycles. The number of ether oxygens (including phenoxy) is 1. The van der Waals surface area contributed by atoms with E-state index in [1.54, 1.807) is 11.4 Å². The number of hydrogen-bond donors (Lipinski definition) is 1. The molecule has 0 aromatic carbocycles. The van der Waals surface area contributed by atoms with Crippen molar-refractivity contribution in [3.05, 3.63) is 27.1 Å². The number of hydrogen-bond acceptors (Lipinski definition) is 5. The quantitative estimate of drug-likeness (QED) is 0.681. The van der Waals surface area contributed by atoms with Gasteiger partial charge in [-0.25, -0.2) is 0 Å². The Hall–Kier alpha value is -0.690. The van der Waals surface area contributed by atoms with Crippen molar-refractivity contribution < 1.29 is 9.66 Å². The van der Waals surface area contributed by atoms with E-state index in [0.29, 0.717) is 5.92 Å². The van der Waals surface area contributed by atoms with Crippen LogP contribution < -0.4 is 5.73 Å².